The van der Waals surface area contributed by atoms with Crippen molar-refractivity contribution in [3.8, 4) is 11.4 Å². The highest BCUT2D eigenvalue weighted by Crippen LogP contribution is 2.19. The third-order valence-corrected chi connectivity index (χ3v) is 4.34. The molecule has 0 spiro atoms. The van der Waals surface area contributed by atoms with Gasteiger partial charge in [0.1, 0.15) is 5.82 Å². The van der Waals surface area contributed by atoms with Gasteiger partial charge in [-0.3, -0.25) is 14.8 Å². The standard InChI is InChI=1S/C18H19N5O/c1-12-9-14(22-21-12)10-23-8-7-16-15(11-23)18(24)20-17(19-16)13-5-3-2-4-6-13/h2-6,9H,7-8,10-11H2,1H3,(H,21,22)(H,19,20,24). The first-order valence-corrected chi connectivity index (χ1v) is 8.10. The van der Waals surface area contributed by atoms with Gasteiger partial charge >= 0.3 is 0 Å². The fourth-order valence-corrected chi connectivity index (χ4v) is 3.13. The maximum absolute atomic E-state index is 12.5. The summed E-state index contributed by atoms with van der Waals surface area (Å²) in [6.45, 7) is 4.22. The third kappa shape index (κ3) is 2.88. The van der Waals surface area contributed by atoms with Crippen LogP contribution in [0, 0.1) is 6.92 Å². The van der Waals surface area contributed by atoms with Crippen LogP contribution in [0.2, 0.25) is 0 Å². The Labute approximate surface area is 139 Å². The van der Waals surface area contributed by atoms with Gasteiger partial charge in [0.2, 0.25) is 0 Å². The second kappa shape index (κ2) is 6.05. The van der Waals surface area contributed by atoms with E-state index < -0.39 is 0 Å². The number of aromatic nitrogens is 4. The summed E-state index contributed by atoms with van der Waals surface area (Å²) in [4.78, 5) is 22.4. The first-order valence-electron chi connectivity index (χ1n) is 8.10. The summed E-state index contributed by atoms with van der Waals surface area (Å²) in [5.74, 6) is 0.649. The molecule has 4 rings (SSSR count). The van der Waals surface area contributed by atoms with Crippen molar-refractivity contribution in [2.24, 2.45) is 0 Å². The highest BCUT2D eigenvalue weighted by atomic mass is 16.1. The summed E-state index contributed by atoms with van der Waals surface area (Å²) >= 11 is 0. The molecule has 0 amide bonds. The zero-order valence-corrected chi connectivity index (χ0v) is 13.5. The van der Waals surface area contributed by atoms with Gasteiger partial charge in [-0.15, -0.1) is 0 Å². The van der Waals surface area contributed by atoms with Crippen molar-refractivity contribution in [3.05, 3.63) is 69.4 Å². The summed E-state index contributed by atoms with van der Waals surface area (Å²) in [7, 11) is 0. The quantitative estimate of drug-likeness (QED) is 0.774. The first-order chi connectivity index (χ1) is 11.7. The minimum absolute atomic E-state index is 0.0400. The van der Waals surface area contributed by atoms with Crippen LogP contribution in [0.15, 0.2) is 41.2 Å². The number of hydrogen-bond acceptors (Lipinski definition) is 4. The Balaban J connectivity index is 1.59. The van der Waals surface area contributed by atoms with Crippen LogP contribution in [0.25, 0.3) is 11.4 Å². The fraction of sp³-hybridized carbons (Fsp3) is 0.278. The molecule has 6 nitrogen and oxygen atoms in total. The number of aryl methyl sites for hydroxylation is 1. The molecule has 0 saturated carbocycles. The number of benzene rings is 1. The van der Waals surface area contributed by atoms with Crippen molar-refractivity contribution in [1.82, 2.24) is 25.1 Å². The predicted molar refractivity (Wildman–Crippen MR) is 91.4 cm³/mol. The van der Waals surface area contributed by atoms with Gasteiger partial charge in [0.25, 0.3) is 5.56 Å². The molecule has 0 aliphatic carbocycles. The minimum Gasteiger partial charge on any atom is -0.306 e. The van der Waals surface area contributed by atoms with E-state index in [4.69, 9.17) is 0 Å². The van der Waals surface area contributed by atoms with E-state index in [1.54, 1.807) is 0 Å². The lowest BCUT2D eigenvalue weighted by molar-refractivity contribution is 0.239. The second-order valence-electron chi connectivity index (χ2n) is 6.21. The molecule has 6 heteroatoms. The molecule has 2 aromatic heterocycles. The molecule has 1 aromatic carbocycles. The zero-order chi connectivity index (χ0) is 16.5. The van der Waals surface area contributed by atoms with Crippen LogP contribution in [-0.4, -0.2) is 31.6 Å². The minimum atomic E-state index is -0.0400. The predicted octanol–water partition coefficient (Wildman–Crippen LogP) is 2.03. The SMILES string of the molecule is Cc1cc(CN2CCc3nc(-c4ccccc4)[nH]c(=O)c3C2)n[nH]1. The zero-order valence-electron chi connectivity index (χ0n) is 13.5. The molecule has 1 aliphatic rings. The van der Waals surface area contributed by atoms with Crippen LogP contribution in [0.3, 0.4) is 0 Å². The van der Waals surface area contributed by atoms with E-state index in [0.717, 1.165) is 47.7 Å². The topological polar surface area (TPSA) is 77.7 Å². The number of H-pyrrole nitrogens is 2. The van der Waals surface area contributed by atoms with Gasteiger partial charge < -0.3 is 4.98 Å². The summed E-state index contributed by atoms with van der Waals surface area (Å²) in [5.41, 5.74) is 4.63. The molecular weight excluding hydrogens is 302 g/mol. The Hall–Kier alpha value is -2.73. The lowest BCUT2D eigenvalue weighted by Gasteiger charge is -2.26. The van der Waals surface area contributed by atoms with Gasteiger partial charge in [-0.25, -0.2) is 4.98 Å². The molecule has 1 aliphatic heterocycles. The normalized spacial score (nSPS) is 14.5. The highest BCUT2D eigenvalue weighted by molar-refractivity contribution is 5.54. The van der Waals surface area contributed by atoms with Crippen molar-refractivity contribution < 1.29 is 0 Å². The number of nitrogens with zero attached hydrogens (tertiary/aromatic N) is 3. The fourth-order valence-electron chi connectivity index (χ4n) is 3.13. The molecule has 0 saturated heterocycles. The summed E-state index contributed by atoms with van der Waals surface area (Å²) in [6, 6.07) is 11.8. The number of aromatic amines is 2. The van der Waals surface area contributed by atoms with Gasteiger partial charge in [0, 0.05) is 37.3 Å². The van der Waals surface area contributed by atoms with Crippen LogP contribution >= 0.6 is 0 Å². The molecule has 122 valence electrons. The summed E-state index contributed by atoms with van der Waals surface area (Å²) < 4.78 is 0. The average Bonchev–Trinajstić information content (AvgIpc) is 3.01. The van der Waals surface area contributed by atoms with E-state index in [-0.39, 0.29) is 5.56 Å². The van der Waals surface area contributed by atoms with Crippen molar-refractivity contribution >= 4 is 0 Å². The molecular formula is C18H19N5O. The third-order valence-electron chi connectivity index (χ3n) is 4.34. The van der Waals surface area contributed by atoms with Gasteiger partial charge in [0.15, 0.2) is 0 Å². The van der Waals surface area contributed by atoms with Crippen LogP contribution < -0.4 is 5.56 Å². The number of hydrogen-bond donors (Lipinski definition) is 2. The average molecular weight is 321 g/mol. The highest BCUT2D eigenvalue weighted by Gasteiger charge is 2.22. The summed E-state index contributed by atoms with van der Waals surface area (Å²) in [5, 5.41) is 7.23. The maximum Gasteiger partial charge on any atom is 0.255 e. The number of nitrogens with one attached hydrogen (secondary N) is 2. The molecule has 0 radical (unpaired) electrons. The molecule has 0 atom stereocenters. The van der Waals surface area contributed by atoms with Gasteiger partial charge in [-0.1, -0.05) is 30.3 Å². The Kier molecular flexibility index (Phi) is 3.74. The van der Waals surface area contributed by atoms with Crippen molar-refractivity contribution in [1.29, 1.82) is 0 Å². The van der Waals surface area contributed by atoms with E-state index >= 15 is 0 Å². The van der Waals surface area contributed by atoms with Crippen molar-refractivity contribution in [2.45, 2.75) is 26.4 Å². The van der Waals surface area contributed by atoms with Gasteiger partial charge in [0.05, 0.1) is 17.0 Å². The molecule has 3 heterocycles. The van der Waals surface area contributed by atoms with Crippen LogP contribution in [0.1, 0.15) is 22.6 Å². The molecule has 3 aromatic rings. The van der Waals surface area contributed by atoms with Crippen LogP contribution in [0.5, 0.6) is 0 Å². The Bertz CT molecular complexity index is 913. The maximum atomic E-state index is 12.5. The van der Waals surface area contributed by atoms with Gasteiger partial charge in [-0.2, -0.15) is 5.10 Å². The van der Waals surface area contributed by atoms with Crippen molar-refractivity contribution in [3.63, 3.8) is 0 Å². The molecule has 0 unspecified atom stereocenters. The van der Waals surface area contributed by atoms with Crippen LogP contribution in [-0.2, 0) is 19.5 Å². The Morgan fingerprint density at radius 1 is 1.25 bits per heavy atom. The molecule has 0 bridgehead atoms. The van der Waals surface area contributed by atoms with E-state index in [9.17, 15) is 4.79 Å². The Morgan fingerprint density at radius 2 is 2.08 bits per heavy atom. The van der Waals surface area contributed by atoms with E-state index in [0.29, 0.717) is 12.4 Å². The van der Waals surface area contributed by atoms with E-state index in [1.807, 2.05) is 43.3 Å². The monoisotopic (exact) mass is 321 g/mol. The largest absolute Gasteiger partial charge is 0.306 e. The second-order valence-corrected chi connectivity index (χ2v) is 6.21. The first kappa shape index (κ1) is 14.8. The van der Waals surface area contributed by atoms with Gasteiger partial charge in [-0.05, 0) is 13.0 Å². The summed E-state index contributed by atoms with van der Waals surface area (Å²) in [6.07, 6.45) is 0.780. The van der Waals surface area contributed by atoms with E-state index in [1.165, 1.54) is 0 Å². The molecule has 24 heavy (non-hydrogen) atoms. The smallest absolute Gasteiger partial charge is 0.255 e. The molecule has 2 N–H and O–H groups in total. The van der Waals surface area contributed by atoms with Crippen molar-refractivity contribution in [2.75, 3.05) is 6.54 Å². The van der Waals surface area contributed by atoms with E-state index in [2.05, 4.69) is 25.1 Å². The lowest BCUT2D eigenvalue weighted by atomic mass is 10.1. The Morgan fingerprint density at radius 3 is 2.83 bits per heavy atom. The number of fused-ring (bicyclic) bond motifs is 1. The lowest BCUT2D eigenvalue weighted by Crippen LogP contribution is -2.35. The van der Waals surface area contributed by atoms with Crippen LogP contribution in [0.4, 0.5) is 0 Å². The number of rotatable bonds is 3. The molecule has 0 fully saturated rings.